The maximum absolute atomic E-state index is 12.9. The van der Waals surface area contributed by atoms with Crippen LogP contribution in [-0.4, -0.2) is 16.1 Å². The van der Waals surface area contributed by atoms with E-state index < -0.39 is 5.97 Å². The highest BCUT2D eigenvalue weighted by Crippen LogP contribution is 2.26. The van der Waals surface area contributed by atoms with Gasteiger partial charge in [0.05, 0.1) is 5.52 Å². The summed E-state index contributed by atoms with van der Waals surface area (Å²) in [5, 5.41) is 9.97. The van der Waals surface area contributed by atoms with Crippen LogP contribution in [0.4, 0.5) is 0 Å². The van der Waals surface area contributed by atoms with Gasteiger partial charge in [0, 0.05) is 10.9 Å². The Kier molecular flexibility index (Phi) is 4.21. The molecule has 4 nitrogen and oxygen atoms in total. The minimum absolute atomic E-state index is 0.00455. The fourth-order valence-electron chi connectivity index (χ4n) is 3.08. The standard InChI is InChI=1S/C20H19NO3/c1-3-7-15-18(20(23)24)21-17-12(2)10-14(11-16(17)19(15)22)13-8-5-4-6-9-13/h4-6,8-11H,3,7H2,1-2H3,(H,21,22)(H,23,24). The number of aromatic amines is 1. The molecular weight excluding hydrogens is 302 g/mol. The molecule has 0 saturated carbocycles. The Morgan fingerprint density at radius 2 is 1.83 bits per heavy atom. The summed E-state index contributed by atoms with van der Waals surface area (Å²) >= 11 is 0. The number of hydrogen-bond acceptors (Lipinski definition) is 2. The summed E-state index contributed by atoms with van der Waals surface area (Å²) in [6, 6.07) is 13.7. The van der Waals surface area contributed by atoms with Gasteiger partial charge < -0.3 is 10.1 Å². The minimum Gasteiger partial charge on any atom is -0.477 e. The van der Waals surface area contributed by atoms with E-state index in [1.165, 1.54) is 0 Å². The number of carbonyl (C=O) groups is 1. The zero-order chi connectivity index (χ0) is 17.3. The zero-order valence-electron chi connectivity index (χ0n) is 13.7. The summed E-state index contributed by atoms with van der Waals surface area (Å²) in [7, 11) is 0. The summed E-state index contributed by atoms with van der Waals surface area (Å²) in [5.41, 5.74) is 3.60. The Hall–Kier alpha value is -2.88. The van der Waals surface area contributed by atoms with Gasteiger partial charge in [-0.05, 0) is 42.2 Å². The molecule has 0 amide bonds. The van der Waals surface area contributed by atoms with Crippen LogP contribution in [-0.2, 0) is 6.42 Å². The number of carboxylic acids is 1. The fraction of sp³-hybridized carbons (Fsp3) is 0.200. The second-order valence-corrected chi connectivity index (χ2v) is 5.94. The summed E-state index contributed by atoms with van der Waals surface area (Å²) in [6.45, 7) is 3.82. The van der Waals surface area contributed by atoms with Crippen LogP contribution in [0, 0.1) is 6.92 Å². The highest BCUT2D eigenvalue weighted by molar-refractivity contribution is 5.94. The van der Waals surface area contributed by atoms with Crippen molar-refractivity contribution in [3.05, 3.63) is 69.5 Å². The first-order valence-electron chi connectivity index (χ1n) is 8.01. The second-order valence-electron chi connectivity index (χ2n) is 5.94. The Morgan fingerprint density at radius 1 is 1.12 bits per heavy atom. The third kappa shape index (κ3) is 2.71. The van der Waals surface area contributed by atoms with E-state index in [0.717, 1.165) is 16.7 Å². The third-order valence-electron chi connectivity index (χ3n) is 4.23. The van der Waals surface area contributed by atoms with Crippen LogP contribution in [0.5, 0.6) is 0 Å². The molecule has 1 heterocycles. The first-order valence-corrected chi connectivity index (χ1v) is 8.01. The van der Waals surface area contributed by atoms with Gasteiger partial charge in [0.2, 0.25) is 0 Å². The van der Waals surface area contributed by atoms with E-state index in [0.29, 0.717) is 29.3 Å². The van der Waals surface area contributed by atoms with Crippen molar-refractivity contribution in [3.63, 3.8) is 0 Å². The van der Waals surface area contributed by atoms with Crippen molar-refractivity contribution in [2.24, 2.45) is 0 Å². The summed E-state index contributed by atoms with van der Waals surface area (Å²) < 4.78 is 0. The van der Waals surface area contributed by atoms with Crippen molar-refractivity contribution >= 4 is 16.9 Å². The number of benzene rings is 2. The fourth-order valence-corrected chi connectivity index (χ4v) is 3.08. The largest absolute Gasteiger partial charge is 0.477 e. The predicted molar refractivity (Wildman–Crippen MR) is 95.7 cm³/mol. The van der Waals surface area contributed by atoms with E-state index in [-0.39, 0.29) is 11.1 Å². The molecular formula is C20H19NO3. The number of aromatic nitrogens is 1. The number of H-pyrrole nitrogens is 1. The minimum atomic E-state index is -1.09. The number of aryl methyl sites for hydroxylation is 1. The number of pyridine rings is 1. The molecule has 3 aromatic rings. The van der Waals surface area contributed by atoms with Gasteiger partial charge in [0.25, 0.3) is 0 Å². The summed E-state index contributed by atoms with van der Waals surface area (Å²) in [6.07, 6.45) is 1.16. The smallest absolute Gasteiger partial charge is 0.352 e. The lowest BCUT2D eigenvalue weighted by Crippen LogP contribution is -2.18. The van der Waals surface area contributed by atoms with E-state index in [4.69, 9.17) is 0 Å². The van der Waals surface area contributed by atoms with Crippen LogP contribution in [0.2, 0.25) is 0 Å². The van der Waals surface area contributed by atoms with Crippen molar-refractivity contribution < 1.29 is 9.90 Å². The van der Waals surface area contributed by atoms with Gasteiger partial charge in [-0.3, -0.25) is 4.79 Å². The molecule has 1 aromatic heterocycles. The van der Waals surface area contributed by atoms with Gasteiger partial charge in [0.15, 0.2) is 5.43 Å². The van der Waals surface area contributed by atoms with E-state index in [1.54, 1.807) is 0 Å². The van der Waals surface area contributed by atoms with Crippen LogP contribution < -0.4 is 5.43 Å². The van der Waals surface area contributed by atoms with Crippen molar-refractivity contribution in [2.45, 2.75) is 26.7 Å². The molecule has 4 heteroatoms. The highest BCUT2D eigenvalue weighted by Gasteiger charge is 2.18. The maximum Gasteiger partial charge on any atom is 0.352 e. The molecule has 0 aliphatic rings. The molecule has 0 bridgehead atoms. The molecule has 0 saturated heterocycles. The van der Waals surface area contributed by atoms with Gasteiger partial charge in [-0.25, -0.2) is 4.79 Å². The van der Waals surface area contributed by atoms with Crippen molar-refractivity contribution in [1.82, 2.24) is 4.98 Å². The number of hydrogen-bond donors (Lipinski definition) is 2. The van der Waals surface area contributed by atoms with Crippen molar-refractivity contribution in [2.75, 3.05) is 0 Å². The number of aromatic carboxylic acids is 1. The number of fused-ring (bicyclic) bond motifs is 1. The van der Waals surface area contributed by atoms with Gasteiger partial charge in [-0.1, -0.05) is 43.7 Å². The molecule has 0 aliphatic carbocycles. The summed E-state index contributed by atoms with van der Waals surface area (Å²) in [4.78, 5) is 27.4. The number of rotatable bonds is 4. The van der Waals surface area contributed by atoms with Crippen LogP contribution >= 0.6 is 0 Å². The first-order chi connectivity index (χ1) is 11.5. The molecule has 0 radical (unpaired) electrons. The monoisotopic (exact) mass is 321 g/mol. The van der Waals surface area contributed by atoms with E-state index in [1.807, 2.05) is 56.3 Å². The third-order valence-corrected chi connectivity index (χ3v) is 4.23. The van der Waals surface area contributed by atoms with Gasteiger partial charge in [0.1, 0.15) is 5.69 Å². The lowest BCUT2D eigenvalue weighted by molar-refractivity contribution is 0.0689. The average Bonchev–Trinajstić information content (AvgIpc) is 2.58. The van der Waals surface area contributed by atoms with Crippen molar-refractivity contribution in [3.8, 4) is 11.1 Å². The van der Waals surface area contributed by atoms with Crippen LogP contribution in [0.25, 0.3) is 22.0 Å². The number of carboxylic acid groups (broad SMARTS) is 1. The average molecular weight is 321 g/mol. The molecule has 0 aliphatic heterocycles. The lowest BCUT2D eigenvalue weighted by atomic mass is 9.97. The summed E-state index contributed by atoms with van der Waals surface area (Å²) in [5.74, 6) is -1.09. The molecule has 0 unspecified atom stereocenters. The second kappa shape index (κ2) is 6.32. The highest BCUT2D eigenvalue weighted by atomic mass is 16.4. The van der Waals surface area contributed by atoms with E-state index in [9.17, 15) is 14.7 Å². The van der Waals surface area contributed by atoms with Gasteiger partial charge >= 0.3 is 5.97 Å². The van der Waals surface area contributed by atoms with Gasteiger partial charge in [-0.2, -0.15) is 0 Å². The van der Waals surface area contributed by atoms with Crippen LogP contribution in [0.3, 0.4) is 0 Å². The SMILES string of the molecule is CCCc1c(C(=O)O)[nH]c2c(C)cc(-c3ccccc3)cc2c1=O. The lowest BCUT2D eigenvalue weighted by Gasteiger charge is -2.11. The Labute approximate surface area is 139 Å². The molecule has 2 N–H and O–H groups in total. The van der Waals surface area contributed by atoms with E-state index >= 15 is 0 Å². The Morgan fingerprint density at radius 3 is 2.46 bits per heavy atom. The molecule has 0 atom stereocenters. The number of nitrogens with one attached hydrogen (secondary N) is 1. The Balaban J connectivity index is 2.35. The van der Waals surface area contributed by atoms with E-state index in [2.05, 4.69) is 4.98 Å². The molecule has 3 rings (SSSR count). The zero-order valence-corrected chi connectivity index (χ0v) is 13.7. The molecule has 0 spiro atoms. The molecule has 24 heavy (non-hydrogen) atoms. The van der Waals surface area contributed by atoms with Crippen LogP contribution in [0.1, 0.15) is 35.0 Å². The van der Waals surface area contributed by atoms with Gasteiger partial charge in [-0.15, -0.1) is 0 Å². The first kappa shape index (κ1) is 16.0. The molecule has 122 valence electrons. The van der Waals surface area contributed by atoms with Crippen molar-refractivity contribution in [1.29, 1.82) is 0 Å². The quantitative estimate of drug-likeness (QED) is 0.758. The normalized spacial score (nSPS) is 10.9. The molecule has 0 fully saturated rings. The predicted octanol–water partition coefficient (Wildman–Crippen LogP) is 4.15. The maximum atomic E-state index is 12.9. The topological polar surface area (TPSA) is 70.2 Å². The van der Waals surface area contributed by atoms with Crippen LogP contribution in [0.15, 0.2) is 47.3 Å². The molecule has 2 aromatic carbocycles. The Bertz CT molecular complexity index is 972.